The average Bonchev–Trinajstić information content (AvgIpc) is 2.94. The topological polar surface area (TPSA) is 58.6 Å². The third-order valence-electron chi connectivity index (χ3n) is 4.10. The molecule has 118 valence electrons. The van der Waals surface area contributed by atoms with Crippen LogP contribution >= 0.6 is 15.9 Å². The number of likely N-dealkylation sites (tertiary alicyclic amines) is 1. The van der Waals surface area contributed by atoms with Gasteiger partial charge in [-0.2, -0.15) is 0 Å². The van der Waals surface area contributed by atoms with E-state index in [9.17, 15) is 9.59 Å². The van der Waals surface area contributed by atoms with Crippen molar-refractivity contribution in [1.82, 2.24) is 4.90 Å². The molecule has 2 amide bonds. The zero-order valence-electron chi connectivity index (χ0n) is 12.9. The van der Waals surface area contributed by atoms with Crippen molar-refractivity contribution in [2.45, 2.75) is 38.2 Å². The summed E-state index contributed by atoms with van der Waals surface area (Å²) in [6, 6.07) is 5.76. The van der Waals surface area contributed by atoms with E-state index in [1.165, 1.54) is 0 Å². The summed E-state index contributed by atoms with van der Waals surface area (Å²) in [5.41, 5.74) is 0.596. The van der Waals surface area contributed by atoms with Gasteiger partial charge in [0.2, 0.25) is 5.91 Å². The van der Waals surface area contributed by atoms with Crippen LogP contribution in [0.25, 0.3) is 0 Å². The Balaban J connectivity index is 1.87. The summed E-state index contributed by atoms with van der Waals surface area (Å²) in [7, 11) is 0. The lowest BCUT2D eigenvalue weighted by atomic mass is 9.81. The fourth-order valence-electron chi connectivity index (χ4n) is 3.08. The molecule has 1 aromatic rings. The predicted molar refractivity (Wildman–Crippen MR) is 86.9 cm³/mol. The van der Waals surface area contributed by atoms with Gasteiger partial charge in [0.05, 0.1) is 5.41 Å². The van der Waals surface area contributed by atoms with Gasteiger partial charge in [-0.1, -0.05) is 15.9 Å². The van der Waals surface area contributed by atoms with E-state index in [1.807, 2.05) is 39.0 Å². The minimum Gasteiger partial charge on any atom is -0.444 e. The van der Waals surface area contributed by atoms with Crippen molar-refractivity contribution in [1.29, 1.82) is 0 Å². The van der Waals surface area contributed by atoms with Gasteiger partial charge in [0.15, 0.2) is 0 Å². The Hall–Kier alpha value is -1.56. The molecule has 1 spiro atoms. The maximum absolute atomic E-state index is 12.5. The van der Waals surface area contributed by atoms with Crippen LogP contribution in [-0.2, 0) is 14.9 Å². The van der Waals surface area contributed by atoms with E-state index in [1.54, 1.807) is 4.90 Å². The van der Waals surface area contributed by atoms with Gasteiger partial charge in [-0.15, -0.1) is 0 Å². The number of ether oxygens (including phenoxy) is 1. The lowest BCUT2D eigenvalue weighted by molar-refractivity contribution is -0.120. The SMILES string of the molecule is CC(C)(C)OC(=O)N1CCC2(C1)C(=O)Nc1ccc(Br)cc12. The predicted octanol–water partition coefficient (Wildman–Crippen LogP) is 3.28. The number of hydrogen-bond acceptors (Lipinski definition) is 3. The Labute approximate surface area is 138 Å². The first-order valence-electron chi connectivity index (χ1n) is 7.31. The van der Waals surface area contributed by atoms with Crippen LogP contribution in [0.3, 0.4) is 0 Å². The van der Waals surface area contributed by atoms with Crippen LogP contribution in [0.5, 0.6) is 0 Å². The number of carbonyl (C=O) groups is 2. The second-order valence-electron chi connectivity index (χ2n) is 6.88. The number of halogens is 1. The number of benzene rings is 1. The Morgan fingerprint density at radius 2 is 2.14 bits per heavy atom. The van der Waals surface area contributed by atoms with Crippen LogP contribution in [0.15, 0.2) is 22.7 Å². The van der Waals surface area contributed by atoms with Crippen LogP contribution in [0.1, 0.15) is 32.8 Å². The number of carbonyl (C=O) groups excluding carboxylic acids is 2. The third-order valence-corrected chi connectivity index (χ3v) is 4.59. The Bertz CT molecular complexity index is 653. The zero-order valence-corrected chi connectivity index (χ0v) is 14.5. The minimum absolute atomic E-state index is 0.0355. The van der Waals surface area contributed by atoms with Gasteiger partial charge >= 0.3 is 6.09 Å². The summed E-state index contributed by atoms with van der Waals surface area (Å²) in [6.45, 7) is 6.40. The average molecular weight is 367 g/mol. The monoisotopic (exact) mass is 366 g/mol. The van der Waals surface area contributed by atoms with E-state index in [2.05, 4.69) is 21.2 Å². The second kappa shape index (κ2) is 4.98. The summed E-state index contributed by atoms with van der Waals surface area (Å²) in [4.78, 5) is 26.4. The smallest absolute Gasteiger partial charge is 0.410 e. The van der Waals surface area contributed by atoms with Crippen LogP contribution in [0.4, 0.5) is 10.5 Å². The van der Waals surface area contributed by atoms with Crippen molar-refractivity contribution in [2.24, 2.45) is 0 Å². The van der Waals surface area contributed by atoms with Crippen molar-refractivity contribution in [3.05, 3.63) is 28.2 Å². The van der Waals surface area contributed by atoms with Crippen LogP contribution < -0.4 is 5.32 Å². The molecule has 0 aliphatic carbocycles. The first kappa shape index (κ1) is 15.3. The van der Waals surface area contributed by atoms with Crippen molar-refractivity contribution in [3.8, 4) is 0 Å². The van der Waals surface area contributed by atoms with E-state index < -0.39 is 11.0 Å². The Kier molecular flexibility index (Phi) is 3.47. The standard InChI is InChI=1S/C16H19BrN2O3/c1-15(2,3)22-14(21)19-7-6-16(9-19)11-8-10(17)4-5-12(11)18-13(16)20/h4-5,8H,6-7,9H2,1-3H3,(H,18,20). The lowest BCUT2D eigenvalue weighted by Gasteiger charge is -2.26. The van der Waals surface area contributed by atoms with Crippen LogP contribution in [0.2, 0.25) is 0 Å². The molecule has 1 fully saturated rings. The summed E-state index contributed by atoms with van der Waals surface area (Å²) in [5, 5.41) is 2.93. The number of hydrogen-bond donors (Lipinski definition) is 1. The van der Waals surface area contributed by atoms with Crippen molar-refractivity contribution in [2.75, 3.05) is 18.4 Å². The Morgan fingerprint density at radius 3 is 2.82 bits per heavy atom. The Morgan fingerprint density at radius 1 is 1.41 bits per heavy atom. The highest BCUT2D eigenvalue weighted by Gasteiger charge is 2.52. The normalized spacial score (nSPS) is 23.6. The molecule has 6 heteroatoms. The molecule has 0 bridgehead atoms. The molecule has 2 heterocycles. The number of fused-ring (bicyclic) bond motifs is 2. The minimum atomic E-state index is -0.657. The molecular weight excluding hydrogens is 348 g/mol. The molecule has 3 rings (SSSR count). The van der Waals surface area contributed by atoms with Gasteiger partial charge in [0, 0.05) is 23.2 Å². The van der Waals surface area contributed by atoms with Gasteiger partial charge in [0.1, 0.15) is 5.60 Å². The number of nitrogens with one attached hydrogen (secondary N) is 1. The molecule has 1 atom stereocenters. The molecule has 22 heavy (non-hydrogen) atoms. The van der Waals surface area contributed by atoms with Gasteiger partial charge in [-0.3, -0.25) is 4.79 Å². The van der Waals surface area contributed by atoms with E-state index in [4.69, 9.17) is 4.74 Å². The summed E-state index contributed by atoms with van der Waals surface area (Å²) in [5.74, 6) is -0.0355. The maximum atomic E-state index is 12.5. The highest BCUT2D eigenvalue weighted by atomic mass is 79.9. The van der Waals surface area contributed by atoms with Gasteiger partial charge < -0.3 is 15.0 Å². The van der Waals surface area contributed by atoms with E-state index in [0.29, 0.717) is 19.5 Å². The molecule has 5 nitrogen and oxygen atoms in total. The highest BCUT2D eigenvalue weighted by Crippen LogP contribution is 2.45. The fourth-order valence-corrected chi connectivity index (χ4v) is 3.44. The van der Waals surface area contributed by atoms with E-state index >= 15 is 0 Å². The van der Waals surface area contributed by atoms with Gasteiger partial charge in [0.25, 0.3) is 0 Å². The third kappa shape index (κ3) is 2.49. The molecule has 2 aliphatic heterocycles. The number of amides is 2. The second-order valence-corrected chi connectivity index (χ2v) is 7.79. The molecule has 1 unspecified atom stereocenters. The molecule has 0 radical (unpaired) electrons. The quantitative estimate of drug-likeness (QED) is 0.766. The number of rotatable bonds is 0. The highest BCUT2D eigenvalue weighted by molar-refractivity contribution is 9.10. The zero-order chi connectivity index (χ0) is 16.1. The van der Waals surface area contributed by atoms with E-state index in [0.717, 1.165) is 15.7 Å². The van der Waals surface area contributed by atoms with Gasteiger partial charge in [-0.25, -0.2) is 4.79 Å². The van der Waals surface area contributed by atoms with Crippen molar-refractivity contribution >= 4 is 33.6 Å². The van der Waals surface area contributed by atoms with Crippen molar-refractivity contribution in [3.63, 3.8) is 0 Å². The molecule has 1 aromatic carbocycles. The van der Waals surface area contributed by atoms with Crippen LogP contribution in [-0.4, -0.2) is 35.6 Å². The molecule has 0 saturated carbocycles. The lowest BCUT2D eigenvalue weighted by Crippen LogP contribution is -2.41. The number of nitrogens with zero attached hydrogens (tertiary/aromatic N) is 1. The number of anilines is 1. The molecule has 0 aromatic heterocycles. The van der Waals surface area contributed by atoms with Gasteiger partial charge in [-0.05, 0) is 51.0 Å². The first-order valence-corrected chi connectivity index (χ1v) is 8.10. The summed E-state index contributed by atoms with van der Waals surface area (Å²) < 4.78 is 6.35. The molecule has 1 saturated heterocycles. The van der Waals surface area contributed by atoms with E-state index in [-0.39, 0.29) is 12.0 Å². The van der Waals surface area contributed by atoms with Crippen LogP contribution in [0, 0.1) is 0 Å². The fraction of sp³-hybridized carbons (Fsp3) is 0.500. The first-order chi connectivity index (χ1) is 10.2. The molecule has 1 N–H and O–H groups in total. The summed E-state index contributed by atoms with van der Waals surface area (Å²) in [6.07, 6.45) is 0.252. The summed E-state index contributed by atoms with van der Waals surface area (Å²) >= 11 is 3.45. The largest absolute Gasteiger partial charge is 0.444 e. The van der Waals surface area contributed by atoms with Crippen molar-refractivity contribution < 1.29 is 14.3 Å². The molecule has 2 aliphatic rings. The maximum Gasteiger partial charge on any atom is 0.410 e. The molecular formula is C16H19BrN2O3.